The van der Waals surface area contributed by atoms with Gasteiger partial charge in [-0.25, -0.2) is 0 Å². The van der Waals surface area contributed by atoms with E-state index in [-0.39, 0.29) is 63.4 Å². The molecule has 0 spiro atoms. The normalized spacial score (nSPS) is 8.44. The van der Waals surface area contributed by atoms with E-state index >= 15 is 0 Å². The van der Waals surface area contributed by atoms with Gasteiger partial charge in [0.25, 0.3) is 0 Å². The van der Waals surface area contributed by atoms with E-state index in [1.165, 1.54) is 0 Å². The predicted molar refractivity (Wildman–Crippen MR) is 23.9 cm³/mol. The fourth-order valence-electron chi connectivity index (χ4n) is 0.193. The molecule has 4 heteroatoms. The third kappa shape index (κ3) is 6.04. The van der Waals surface area contributed by atoms with Crippen LogP contribution in [0.15, 0.2) is 11.8 Å². The molecule has 0 heterocycles. The van der Waals surface area contributed by atoms with Crippen LogP contribution in [0.5, 0.6) is 0 Å². The van der Waals surface area contributed by atoms with Crippen LogP contribution in [0.25, 0.3) is 0 Å². The van der Waals surface area contributed by atoms with Crippen molar-refractivity contribution in [1.29, 1.82) is 10.5 Å². The van der Waals surface area contributed by atoms with Gasteiger partial charge in [0.15, 0.2) is 0 Å². The van der Waals surface area contributed by atoms with Crippen molar-refractivity contribution >= 4 is 0 Å². The molecule has 0 saturated heterocycles. The van der Waals surface area contributed by atoms with Gasteiger partial charge in [0.1, 0.15) is 0 Å². The van der Waals surface area contributed by atoms with Crippen molar-refractivity contribution in [2.45, 2.75) is 6.42 Å². The Morgan fingerprint density at radius 3 is 2.22 bits per heavy atom. The van der Waals surface area contributed by atoms with E-state index in [9.17, 15) is 5.11 Å². The average molecular weight is 146 g/mol. The molecule has 0 bridgehead atoms. The topological polar surface area (TPSA) is 70.6 Å². The SMILES string of the molecule is N#CCC(C#N)=C[O-].[K+]. The molecule has 0 atom stereocenters. The maximum absolute atomic E-state index is 9.72. The largest absolute Gasteiger partial charge is 1.00 e. The molecule has 9 heavy (non-hydrogen) atoms. The summed E-state index contributed by atoms with van der Waals surface area (Å²) in [6.07, 6.45) is 0.309. The summed E-state index contributed by atoms with van der Waals surface area (Å²) in [5.74, 6) is 0. The number of allylic oxidation sites excluding steroid dienone is 1. The fourth-order valence-corrected chi connectivity index (χ4v) is 0.193. The van der Waals surface area contributed by atoms with Gasteiger partial charge in [-0.2, -0.15) is 10.5 Å². The molecule has 40 valence electrons. The van der Waals surface area contributed by atoms with E-state index in [1.807, 2.05) is 0 Å². The molecule has 0 aliphatic heterocycles. The van der Waals surface area contributed by atoms with Crippen LogP contribution in [0.2, 0.25) is 0 Å². The quantitative estimate of drug-likeness (QED) is 0.221. The Labute approximate surface area is 96.0 Å². The van der Waals surface area contributed by atoms with Gasteiger partial charge in [-0.3, -0.25) is 0 Å². The van der Waals surface area contributed by atoms with Gasteiger partial charge in [0, 0.05) is 5.57 Å². The minimum Gasteiger partial charge on any atom is -0.877 e. The average Bonchev–Trinajstić information content (AvgIpc) is 1.83. The van der Waals surface area contributed by atoms with Crippen molar-refractivity contribution in [3.63, 3.8) is 0 Å². The maximum atomic E-state index is 9.72. The predicted octanol–water partition coefficient (Wildman–Crippen LogP) is -3.33. The first-order chi connectivity index (χ1) is 3.85. The minimum atomic E-state index is -0.0833. The molecular weight excluding hydrogens is 143 g/mol. The van der Waals surface area contributed by atoms with Crippen molar-refractivity contribution in [2.24, 2.45) is 0 Å². The Kier molecular flexibility index (Phi) is 10.8. The molecule has 0 rings (SSSR count). The third-order valence-corrected chi connectivity index (χ3v) is 0.555. The molecule has 0 aliphatic carbocycles. The Morgan fingerprint density at radius 1 is 1.56 bits per heavy atom. The van der Waals surface area contributed by atoms with Crippen LogP contribution in [0, 0.1) is 22.7 Å². The van der Waals surface area contributed by atoms with Crippen LogP contribution >= 0.6 is 0 Å². The molecule has 3 nitrogen and oxygen atoms in total. The summed E-state index contributed by atoms with van der Waals surface area (Å²) >= 11 is 0. The first-order valence-corrected chi connectivity index (χ1v) is 1.93. The Balaban J connectivity index is 0. The number of hydrogen-bond acceptors (Lipinski definition) is 3. The molecule has 0 aliphatic rings. The number of nitriles is 2. The number of nitrogens with zero attached hydrogens (tertiary/aromatic N) is 2. The third-order valence-electron chi connectivity index (χ3n) is 0.555. The molecule has 0 aromatic rings. The van der Waals surface area contributed by atoms with Gasteiger partial charge >= 0.3 is 51.4 Å². The van der Waals surface area contributed by atoms with E-state index in [2.05, 4.69) is 0 Å². The zero-order valence-corrected chi connectivity index (χ0v) is 8.21. The summed E-state index contributed by atoms with van der Waals surface area (Å²) in [5.41, 5.74) is -0.0208. The van der Waals surface area contributed by atoms with Crippen LogP contribution in [0.4, 0.5) is 0 Å². The molecule has 0 fully saturated rings. The molecule has 0 aromatic carbocycles. The summed E-state index contributed by atoms with van der Waals surface area (Å²) in [6, 6.07) is 3.26. The Morgan fingerprint density at radius 2 is 2.11 bits per heavy atom. The maximum Gasteiger partial charge on any atom is 1.00 e. The molecule has 0 radical (unpaired) electrons. The first-order valence-electron chi connectivity index (χ1n) is 1.93. The Bertz CT molecular complexity index is 174. The van der Waals surface area contributed by atoms with Gasteiger partial charge in [0.2, 0.25) is 0 Å². The monoisotopic (exact) mass is 146 g/mol. The number of rotatable bonds is 1. The Hall–Kier alpha value is 0.156. The van der Waals surface area contributed by atoms with Crippen LogP contribution in [0.1, 0.15) is 6.42 Å². The summed E-state index contributed by atoms with van der Waals surface area (Å²) in [5, 5.41) is 25.6. The van der Waals surface area contributed by atoms with Crippen molar-refractivity contribution < 1.29 is 56.5 Å². The summed E-state index contributed by atoms with van der Waals surface area (Å²) in [6.45, 7) is 0. The molecule has 0 saturated carbocycles. The second-order valence-electron chi connectivity index (χ2n) is 1.09. The van der Waals surface area contributed by atoms with E-state index in [0.29, 0.717) is 6.26 Å². The standard InChI is InChI=1S/C5H4N2O.K/c6-2-1-5(3-7)4-8;/h4,8H,1H2;/q;+1/p-1. The van der Waals surface area contributed by atoms with Crippen LogP contribution in [-0.4, -0.2) is 0 Å². The molecule has 0 N–H and O–H groups in total. The second kappa shape index (κ2) is 8.16. The van der Waals surface area contributed by atoms with Gasteiger partial charge in [-0.05, 0) is 0 Å². The van der Waals surface area contributed by atoms with Gasteiger partial charge in [-0.15, -0.1) is 6.26 Å². The molecule has 0 amide bonds. The molecule has 0 aromatic heterocycles. The van der Waals surface area contributed by atoms with E-state index < -0.39 is 0 Å². The zero-order valence-electron chi connectivity index (χ0n) is 5.09. The van der Waals surface area contributed by atoms with Gasteiger partial charge in [0.05, 0.1) is 18.6 Å². The van der Waals surface area contributed by atoms with Crippen molar-refractivity contribution in [3.8, 4) is 12.1 Å². The van der Waals surface area contributed by atoms with Gasteiger partial charge in [-0.1, -0.05) is 0 Å². The van der Waals surface area contributed by atoms with Crippen molar-refractivity contribution in [1.82, 2.24) is 0 Å². The van der Waals surface area contributed by atoms with Gasteiger partial charge < -0.3 is 5.11 Å². The smallest absolute Gasteiger partial charge is 0.877 e. The number of hydrogen-bond donors (Lipinski definition) is 0. The van der Waals surface area contributed by atoms with E-state index in [4.69, 9.17) is 10.5 Å². The first kappa shape index (κ1) is 11.9. The van der Waals surface area contributed by atoms with Crippen molar-refractivity contribution in [2.75, 3.05) is 0 Å². The van der Waals surface area contributed by atoms with Crippen LogP contribution in [-0.2, 0) is 0 Å². The molecule has 0 unspecified atom stereocenters. The van der Waals surface area contributed by atoms with Crippen molar-refractivity contribution in [3.05, 3.63) is 11.8 Å². The molecular formula is C5H3KN2O. The van der Waals surface area contributed by atoms with E-state index in [0.717, 1.165) is 0 Å². The fraction of sp³-hybridized carbons (Fsp3) is 0.200. The minimum absolute atomic E-state index is 0. The summed E-state index contributed by atoms with van der Waals surface area (Å²) in [4.78, 5) is 0. The van der Waals surface area contributed by atoms with Crippen LogP contribution in [0.3, 0.4) is 0 Å². The summed E-state index contributed by atoms with van der Waals surface area (Å²) in [7, 11) is 0. The van der Waals surface area contributed by atoms with E-state index in [1.54, 1.807) is 12.1 Å². The summed E-state index contributed by atoms with van der Waals surface area (Å²) < 4.78 is 0. The zero-order chi connectivity index (χ0) is 6.41. The van der Waals surface area contributed by atoms with Crippen LogP contribution < -0.4 is 56.5 Å². The second-order valence-corrected chi connectivity index (χ2v) is 1.09.